The van der Waals surface area contributed by atoms with Crippen molar-refractivity contribution in [2.75, 3.05) is 0 Å². The number of benzene rings is 3. The second-order valence-electron chi connectivity index (χ2n) is 9.61. The van der Waals surface area contributed by atoms with Crippen LogP contribution in [-0.2, 0) is 0 Å². The Morgan fingerprint density at radius 2 is 0.905 bits per heavy atom. The van der Waals surface area contributed by atoms with E-state index in [1.54, 1.807) is 0 Å². The topological polar surface area (TPSA) is 39.4 Å². The monoisotopic (exact) mass is 590 g/mol. The molecule has 6 aromatic rings. The largest absolute Gasteiger partial charge is 0.455 e. The van der Waals surface area contributed by atoms with Crippen LogP contribution in [0.3, 0.4) is 0 Å². The SMILES string of the molecule is FC1=C(F)C(F)CC(c2cc3c(o2)c2cc(-c4cc(F)c(F)c(F)c4)oc2c2cc(-c4cc(F)c(F)c(F)c4)oc32)=C1. The summed E-state index contributed by atoms with van der Waals surface area (Å²) in [6, 6.07) is 6.75. The molecule has 0 radical (unpaired) electrons. The number of hydrogen-bond donors (Lipinski definition) is 0. The van der Waals surface area contributed by atoms with E-state index >= 15 is 0 Å². The molecule has 1 aliphatic carbocycles. The molecule has 0 fully saturated rings. The van der Waals surface area contributed by atoms with Crippen LogP contribution in [0, 0.1) is 34.9 Å². The lowest BCUT2D eigenvalue weighted by atomic mass is 9.99. The summed E-state index contributed by atoms with van der Waals surface area (Å²) in [5.41, 5.74) is -0.426. The van der Waals surface area contributed by atoms with Gasteiger partial charge < -0.3 is 13.3 Å². The zero-order chi connectivity index (χ0) is 29.6. The van der Waals surface area contributed by atoms with Crippen LogP contribution in [0.4, 0.5) is 39.5 Å². The van der Waals surface area contributed by atoms with Crippen LogP contribution in [-0.4, -0.2) is 6.17 Å². The molecule has 1 atom stereocenters. The van der Waals surface area contributed by atoms with Crippen molar-refractivity contribution in [1.82, 2.24) is 0 Å². The molecule has 7 rings (SSSR count). The Morgan fingerprint density at radius 3 is 1.31 bits per heavy atom. The first-order valence-corrected chi connectivity index (χ1v) is 12.1. The highest BCUT2D eigenvalue weighted by molar-refractivity contribution is 6.22. The second-order valence-corrected chi connectivity index (χ2v) is 9.61. The zero-order valence-corrected chi connectivity index (χ0v) is 20.5. The van der Waals surface area contributed by atoms with E-state index in [1.807, 2.05) is 0 Å². The Labute approximate surface area is 227 Å². The van der Waals surface area contributed by atoms with E-state index in [2.05, 4.69) is 0 Å². The van der Waals surface area contributed by atoms with Crippen molar-refractivity contribution < 1.29 is 52.8 Å². The van der Waals surface area contributed by atoms with Gasteiger partial charge in [0, 0.05) is 23.1 Å². The Hall–Kier alpha value is -4.87. The van der Waals surface area contributed by atoms with Gasteiger partial charge in [-0.1, -0.05) is 0 Å². The van der Waals surface area contributed by atoms with Crippen molar-refractivity contribution in [3.05, 3.63) is 101 Å². The second kappa shape index (κ2) is 9.07. The molecule has 0 amide bonds. The molecule has 0 bridgehead atoms. The number of allylic oxidation sites excluding steroid dienone is 4. The van der Waals surface area contributed by atoms with Crippen molar-refractivity contribution in [2.24, 2.45) is 0 Å². The smallest absolute Gasteiger partial charge is 0.194 e. The Morgan fingerprint density at radius 1 is 0.524 bits per heavy atom. The number of hydrogen-bond acceptors (Lipinski definition) is 3. The number of alkyl halides is 1. The van der Waals surface area contributed by atoms with E-state index in [4.69, 9.17) is 13.3 Å². The van der Waals surface area contributed by atoms with E-state index < -0.39 is 59.1 Å². The van der Waals surface area contributed by atoms with Gasteiger partial charge in [-0.2, -0.15) is 0 Å². The number of halogens is 9. The molecular weight excluding hydrogens is 579 g/mol. The van der Waals surface area contributed by atoms with Gasteiger partial charge >= 0.3 is 0 Å². The van der Waals surface area contributed by atoms with Crippen LogP contribution in [0.1, 0.15) is 12.2 Å². The highest BCUT2D eigenvalue weighted by Crippen LogP contribution is 2.45. The maximum absolute atomic E-state index is 14.1. The summed E-state index contributed by atoms with van der Waals surface area (Å²) in [4.78, 5) is 0. The van der Waals surface area contributed by atoms with Crippen LogP contribution in [0.5, 0.6) is 0 Å². The fourth-order valence-electron chi connectivity index (χ4n) is 5.00. The van der Waals surface area contributed by atoms with Gasteiger partial charge in [-0.15, -0.1) is 0 Å². The summed E-state index contributed by atoms with van der Waals surface area (Å²) in [6.07, 6.45) is -2.06. The first-order valence-electron chi connectivity index (χ1n) is 12.1. The third kappa shape index (κ3) is 3.85. The molecule has 3 heterocycles. The van der Waals surface area contributed by atoms with Gasteiger partial charge in [0.05, 0.1) is 16.2 Å². The van der Waals surface area contributed by atoms with E-state index in [9.17, 15) is 39.5 Å². The van der Waals surface area contributed by atoms with Crippen LogP contribution in [0.25, 0.3) is 61.1 Å². The summed E-state index contributed by atoms with van der Waals surface area (Å²) < 4.78 is 143. The third-order valence-electron chi connectivity index (χ3n) is 6.99. The van der Waals surface area contributed by atoms with Gasteiger partial charge in [0.1, 0.15) is 34.0 Å². The molecule has 3 aromatic carbocycles. The van der Waals surface area contributed by atoms with Crippen molar-refractivity contribution in [2.45, 2.75) is 12.6 Å². The standard InChI is InChI=1S/C30H11F9O3/c31-16-1-10(2-17(32)25(16)37)22-7-13-28(40-22)14-8-23(11-3-18(33)26(38)19(34)4-11)42-30(14)15-9-24(41-29(13)15)12-5-20(35)27(39)21(36)6-12/h1-5,7-9,21H,6H2. The number of rotatable bonds is 3. The summed E-state index contributed by atoms with van der Waals surface area (Å²) >= 11 is 0. The maximum Gasteiger partial charge on any atom is 0.194 e. The van der Waals surface area contributed by atoms with Crippen molar-refractivity contribution >= 4 is 38.5 Å². The Kier molecular flexibility index (Phi) is 5.62. The molecule has 0 saturated carbocycles. The molecule has 0 N–H and O–H groups in total. The fraction of sp³-hybridized carbons (Fsp3) is 0.0667. The normalized spacial score (nSPS) is 15.9. The number of furan rings is 3. The quantitative estimate of drug-likeness (QED) is 0.152. The van der Waals surface area contributed by atoms with Crippen molar-refractivity contribution in [3.8, 4) is 22.6 Å². The highest BCUT2D eigenvalue weighted by Gasteiger charge is 2.29. The fourth-order valence-corrected chi connectivity index (χ4v) is 5.00. The van der Waals surface area contributed by atoms with Gasteiger partial charge in [-0.25, -0.2) is 39.5 Å². The van der Waals surface area contributed by atoms with E-state index in [-0.39, 0.29) is 66.9 Å². The summed E-state index contributed by atoms with van der Waals surface area (Å²) in [5, 5.41) is 0.512. The van der Waals surface area contributed by atoms with Crippen LogP contribution >= 0.6 is 0 Å². The molecule has 12 heteroatoms. The van der Waals surface area contributed by atoms with Gasteiger partial charge in [0.15, 0.2) is 52.7 Å². The Balaban J connectivity index is 1.52. The molecule has 3 nitrogen and oxygen atoms in total. The first-order chi connectivity index (χ1) is 20.0. The minimum absolute atomic E-state index is 0.000381. The van der Waals surface area contributed by atoms with Gasteiger partial charge in [-0.3, -0.25) is 0 Å². The molecule has 0 aliphatic heterocycles. The molecule has 0 saturated heterocycles. The van der Waals surface area contributed by atoms with Gasteiger partial charge in [-0.05, 0) is 48.5 Å². The zero-order valence-electron chi connectivity index (χ0n) is 20.5. The van der Waals surface area contributed by atoms with E-state index in [0.29, 0.717) is 24.3 Å². The lowest BCUT2D eigenvalue weighted by Gasteiger charge is -2.13. The summed E-state index contributed by atoms with van der Waals surface area (Å²) in [7, 11) is 0. The minimum atomic E-state index is -2.26. The summed E-state index contributed by atoms with van der Waals surface area (Å²) in [5.74, 6) is -12.7. The molecule has 1 aliphatic rings. The lowest BCUT2D eigenvalue weighted by molar-refractivity contribution is 0.313. The predicted molar refractivity (Wildman–Crippen MR) is 133 cm³/mol. The van der Waals surface area contributed by atoms with Crippen molar-refractivity contribution in [1.29, 1.82) is 0 Å². The minimum Gasteiger partial charge on any atom is -0.455 e. The number of fused-ring (bicyclic) bond motifs is 6. The van der Waals surface area contributed by atoms with E-state index in [0.717, 1.165) is 6.08 Å². The first kappa shape index (κ1) is 26.1. The third-order valence-corrected chi connectivity index (χ3v) is 6.99. The molecule has 212 valence electrons. The molecule has 42 heavy (non-hydrogen) atoms. The predicted octanol–water partition coefficient (Wildman–Crippen LogP) is 10.4. The van der Waals surface area contributed by atoms with Crippen LogP contribution in [0.15, 0.2) is 73.4 Å². The highest BCUT2D eigenvalue weighted by atomic mass is 19.2. The average Bonchev–Trinajstić information content (AvgIpc) is 3.68. The van der Waals surface area contributed by atoms with Crippen LogP contribution in [0.2, 0.25) is 0 Å². The maximum atomic E-state index is 14.1. The van der Waals surface area contributed by atoms with Gasteiger partial charge in [0.25, 0.3) is 0 Å². The van der Waals surface area contributed by atoms with E-state index in [1.165, 1.54) is 18.2 Å². The molecule has 0 spiro atoms. The average molecular weight is 590 g/mol. The molecule has 1 unspecified atom stereocenters. The summed E-state index contributed by atoms with van der Waals surface area (Å²) in [6.45, 7) is 0. The lowest BCUT2D eigenvalue weighted by Crippen LogP contribution is -2.07. The molecule has 3 aromatic heterocycles. The Bertz CT molecular complexity index is 2010. The van der Waals surface area contributed by atoms with Gasteiger partial charge in [0.2, 0.25) is 0 Å². The van der Waals surface area contributed by atoms with Crippen LogP contribution < -0.4 is 0 Å². The molecular formula is C30H11F9O3. The van der Waals surface area contributed by atoms with Crippen molar-refractivity contribution in [3.63, 3.8) is 0 Å².